The topological polar surface area (TPSA) is 202 Å². The van der Waals surface area contributed by atoms with E-state index < -0.39 is 35.8 Å². The predicted molar refractivity (Wildman–Crippen MR) is 132 cm³/mol. The molecule has 0 radical (unpaired) electrons. The Morgan fingerprint density at radius 1 is 0.703 bits per heavy atom. The van der Waals surface area contributed by atoms with E-state index in [1.54, 1.807) is 18.6 Å². The van der Waals surface area contributed by atoms with Gasteiger partial charge in [0, 0.05) is 68.4 Å². The van der Waals surface area contributed by atoms with Crippen LogP contribution in [0.25, 0.3) is 0 Å². The van der Waals surface area contributed by atoms with Crippen LogP contribution in [0.1, 0.15) is 37.4 Å². The average Bonchev–Trinajstić information content (AvgIpc) is 3.65. The highest BCUT2D eigenvalue weighted by atomic mass is 16.2. The van der Waals surface area contributed by atoms with E-state index in [1.807, 2.05) is 6.92 Å². The minimum Gasteiger partial charge on any atom is -0.354 e. The van der Waals surface area contributed by atoms with E-state index in [1.165, 1.54) is 25.9 Å². The molecule has 0 fully saturated rings. The Morgan fingerprint density at radius 2 is 1.11 bits per heavy atom. The molecule has 14 nitrogen and oxygen atoms in total. The van der Waals surface area contributed by atoms with Crippen molar-refractivity contribution in [2.75, 3.05) is 6.54 Å². The van der Waals surface area contributed by atoms with Crippen LogP contribution in [0.15, 0.2) is 37.6 Å². The van der Waals surface area contributed by atoms with Crippen LogP contribution in [0, 0.1) is 0 Å². The van der Waals surface area contributed by atoms with Crippen LogP contribution < -0.4 is 21.3 Å². The van der Waals surface area contributed by atoms with E-state index in [2.05, 4.69) is 51.2 Å². The first kappa shape index (κ1) is 27.1. The summed E-state index contributed by atoms with van der Waals surface area (Å²) in [6.07, 6.45) is 10.2. The number of nitrogens with zero attached hydrogens (tertiary/aromatic N) is 3. The molecule has 0 saturated heterocycles. The molecule has 3 aromatic heterocycles. The number of imidazole rings is 3. The van der Waals surface area contributed by atoms with Crippen LogP contribution in [0.5, 0.6) is 0 Å². The van der Waals surface area contributed by atoms with Gasteiger partial charge in [0.25, 0.3) is 0 Å². The van der Waals surface area contributed by atoms with Crippen molar-refractivity contribution in [3.05, 3.63) is 54.7 Å². The molecule has 0 spiro atoms. The summed E-state index contributed by atoms with van der Waals surface area (Å²) in [6.45, 7) is 3.68. The van der Waals surface area contributed by atoms with E-state index >= 15 is 0 Å². The highest BCUT2D eigenvalue weighted by Gasteiger charge is 2.30. The zero-order chi connectivity index (χ0) is 26.6. The fourth-order valence-corrected chi connectivity index (χ4v) is 3.64. The molecule has 0 aliphatic rings. The lowest BCUT2D eigenvalue weighted by Gasteiger charge is -2.25. The Kier molecular flexibility index (Phi) is 9.93. The number of carbonyl (C=O) groups is 4. The van der Waals surface area contributed by atoms with Gasteiger partial charge in [-0.3, -0.25) is 19.2 Å². The molecule has 3 rings (SSSR count). The van der Waals surface area contributed by atoms with Gasteiger partial charge >= 0.3 is 0 Å². The van der Waals surface area contributed by atoms with Crippen molar-refractivity contribution in [3.63, 3.8) is 0 Å². The fraction of sp³-hybridized carbons (Fsp3) is 0.435. The second kappa shape index (κ2) is 13.6. The summed E-state index contributed by atoms with van der Waals surface area (Å²) in [5.41, 5.74) is 1.90. The summed E-state index contributed by atoms with van der Waals surface area (Å²) in [5.74, 6) is -1.89. The number of aromatic nitrogens is 6. The zero-order valence-electron chi connectivity index (χ0n) is 20.7. The van der Waals surface area contributed by atoms with Crippen molar-refractivity contribution in [1.29, 1.82) is 0 Å². The molecule has 0 bridgehead atoms. The molecule has 0 aliphatic carbocycles. The Morgan fingerprint density at radius 3 is 1.46 bits per heavy atom. The van der Waals surface area contributed by atoms with E-state index in [0.717, 1.165) is 6.42 Å². The van der Waals surface area contributed by atoms with Crippen molar-refractivity contribution in [1.82, 2.24) is 51.2 Å². The number of nitrogens with one attached hydrogen (secondary N) is 7. The number of hydrogen-bond acceptors (Lipinski definition) is 7. The van der Waals surface area contributed by atoms with Crippen molar-refractivity contribution < 1.29 is 19.2 Å². The van der Waals surface area contributed by atoms with Gasteiger partial charge < -0.3 is 36.2 Å². The molecule has 3 heterocycles. The molecule has 3 aromatic rings. The summed E-state index contributed by atoms with van der Waals surface area (Å²) in [4.78, 5) is 71.8. The second-order valence-corrected chi connectivity index (χ2v) is 8.51. The lowest BCUT2D eigenvalue weighted by atomic mass is 10.1. The number of rotatable bonds is 14. The summed E-state index contributed by atoms with van der Waals surface area (Å²) < 4.78 is 0. The molecule has 4 amide bonds. The smallest absolute Gasteiger partial charge is 0.243 e. The summed E-state index contributed by atoms with van der Waals surface area (Å²) >= 11 is 0. The average molecular weight is 513 g/mol. The van der Waals surface area contributed by atoms with Gasteiger partial charge in [0.05, 0.1) is 19.0 Å². The SMILES string of the molecule is CCCNC(=O)[C@H](Cc1cnc[nH]1)NC(=O)[C@H](Cc1cnc[nH]1)NC(=O)[C@H](Cc1cnc[nH]1)NC(C)=O. The van der Waals surface area contributed by atoms with E-state index in [-0.39, 0.29) is 25.2 Å². The Balaban J connectivity index is 1.77. The van der Waals surface area contributed by atoms with E-state index in [0.29, 0.717) is 23.6 Å². The maximum absolute atomic E-state index is 13.4. The molecule has 7 N–H and O–H groups in total. The Bertz CT molecular complexity index is 1130. The lowest BCUT2D eigenvalue weighted by molar-refractivity contribution is -0.133. The molecule has 0 unspecified atom stereocenters. The summed E-state index contributed by atoms with van der Waals surface area (Å²) in [6, 6.07) is -2.92. The molecular weight excluding hydrogens is 480 g/mol. The number of amides is 4. The monoisotopic (exact) mass is 512 g/mol. The third-order valence-electron chi connectivity index (χ3n) is 5.45. The van der Waals surface area contributed by atoms with Gasteiger partial charge in [-0.25, -0.2) is 15.0 Å². The van der Waals surface area contributed by atoms with Crippen LogP contribution in [-0.2, 0) is 38.4 Å². The fourth-order valence-electron chi connectivity index (χ4n) is 3.64. The van der Waals surface area contributed by atoms with Gasteiger partial charge in [-0.1, -0.05) is 6.92 Å². The van der Waals surface area contributed by atoms with Crippen molar-refractivity contribution in [2.24, 2.45) is 0 Å². The highest BCUT2D eigenvalue weighted by molar-refractivity contribution is 5.94. The normalized spacial score (nSPS) is 13.2. The van der Waals surface area contributed by atoms with Crippen LogP contribution in [0.3, 0.4) is 0 Å². The Labute approximate surface area is 213 Å². The van der Waals surface area contributed by atoms with Crippen molar-refractivity contribution in [3.8, 4) is 0 Å². The maximum atomic E-state index is 13.4. The van der Waals surface area contributed by atoms with Gasteiger partial charge in [0.2, 0.25) is 23.6 Å². The van der Waals surface area contributed by atoms with Crippen LogP contribution in [0.4, 0.5) is 0 Å². The summed E-state index contributed by atoms with van der Waals surface area (Å²) in [7, 11) is 0. The van der Waals surface area contributed by atoms with Crippen molar-refractivity contribution >= 4 is 23.6 Å². The third-order valence-corrected chi connectivity index (χ3v) is 5.45. The van der Waals surface area contributed by atoms with E-state index in [9.17, 15) is 19.2 Å². The molecule has 3 atom stereocenters. The first-order valence-electron chi connectivity index (χ1n) is 11.9. The van der Waals surface area contributed by atoms with Gasteiger partial charge in [-0.2, -0.15) is 0 Å². The number of aromatic amines is 3. The lowest BCUT2D eigenvalue weighted by Crippen LogP contribution is -2.58. The maximum Gasteiger partial charge on any atom is 0.243 e. The van der Waals surface area contributed by atoms with Crippen molar-refractivity contribution in [2.45, 2.75) is 57.7 Å². The molecule has 0 aromatic carbocycles. The molecule has 0 aliphatic heterocycles. The molecular formula is C23H32N10O4. The molecule has 198 valence electrons. The van der Waals surface area contributed by atoms with E-state index in [4.69, 9.17) is 0 Å². The number of H-pyrrole nitrogens is 3. The minimum absolute atomic E-state index is 0.0851. The van der Waals surface area contributed by atoms with Crippen LogP contribution in [0.2, 0.25) is 0 Å². The molecule has 0 saturated carbocycles. The summed E-state index contributed by atoms with van der Waals surface area (Å²) in [5, 5.41) is 10.9. The quantitative estimate of drug-likeness (QED) is 0.142. The standard InChI is InChI=1S/C23H32N10O4/c1-3-4-27-21(35)18(5-15-8-24-11-28-15)32-23(37)20(7-17-10-26-13-30-17)33-22(36)19(31-14(2)34)6-16-9-25-12-29-16/h8-13,18-20H,3-7H2,1-2H3,(H,24,28)(H,25,29)(H,26,30)(H,27,35)(H,31,34)(H,32,37)(H,33,36)/t18-,19-,20-/m0/s1. The second-order valence-electron chi connectivity index (χ2n) is 8.51. The van der Waals surface area contributed by atoms with Crippen LogP contribution in [-0.4, -0.2) is 78.2 Å². The molecule has 37 heavy (non-hydrogen) atoms. The minimum atomic E-state index is -1.06. The predicted octanol–water partition coefficient (Wildman–Crippen LogP) is -1.12. The van der Waals surface area contributed by atoms with Crippen LogP contribution >= 0.6 is 0 Å². The largest absolute Gasteiger partial charge is 0.354 e. The van der Waals surface area contributed by atoms with Gasteiger partial charge in [-0.15, -0.1) is 0 Å². The van der Waals surface area contributed by atoms with Gasteiger partial charge in [0.1, 0.15) is 18.1 Å². The Hall–Kier alpha value is -4.49. The first-order valence-corrected chi connectivity index (χ1v) is 11.9. The van der Waals surface area contributed by atoms with Gasteiger partial charge in [0.15, 0.2) is 0 Å². The first-order chi connectivity index (χ1) is 17.9. The third kappa shape index (κ3) is 8.59. The zero-order valence-corrected chi connectivity index (χ0v) is 20.7. The molecule has 14 heteroatoms. The number of hydrogen-bond donors (Lipinski definition) is 7. The highest BCUT2D eigenvalue weighted by Crippen LogP contribution is 2.05. The van der Waals surface area contributed by atoms with Gasteiger partial charge in [-0.05, 0) is 6.42 Å². The number of carbonyl (C=O) groups excluding carboxylic acids is 4.